The zero-order chi connectivity index (χ0) is 15.9. The van der Waals surface area contributed by atoms with Crippen LogP contribution in [0.2, 0.25) is 0 Å². The van der Waals surface area contributed by atoms with Crippen LogP contribution in [0.25, 0.3) is 0 Å². The van der Waals surface area contributed by atoms with Gasteiger partial charge in [-0.05, 0) is 79.6 Å². The van der Waals surface area contributed by atoms with Gasteiger partial charge in [0.1, 0.15) is 0 Å². The van der Waals surface area contributed by atoms with E-state index in [-0.39, 0.29) is 5.60 Å². The highest BCUT2D eigenvalue weighted by Crippen LogP contribution is 2.70. The molecule has 1 aliphatic heterocycles. The molecule has 0 aromatic rings. The largest absolute Gasteiger partial charge is 0.374 e. The summed E-state index contributed by atoms with van der Waals surface area (Å²) in [6.07, 6.45) is 13.1. The highest BCUT2D eigenvalue weighted by atomic mass is 16.5. The summed E-state index contributed by atoms with van der Waals surface area (Å²) >= 11 is 0. The van der Waals surface area contributed by atoms with Crippen molar-refractivity contribution in [2.24, 2.45) is 28.6 Å². The molecule has 3 saturated carbocycles. The first-order chi connectivity index (χ1) is 11.0. The van der Waals surface area contributed by atoms with Gasteiger partial charge >= 0.3 is 0 Å². The second-order valence-corrected chi connectivity index (χ2v) is 9.56. The van der Waals surface area contributed by atoms with Gasteiger partial charge in [0.2, 0.25) is 0 Å². The fraction of sp³-hybridized carbons (Fsp3) is 0.857. The average molecular weight is 314 g/mol. The number of hydrogen-bond acceptors (Lipinski definition) is 2. The normalized spacial score (nSPS) is 54.8. The van der Waals surface area contributed by atoms with E-state index in [0.29, 0.717) is 16.6 Å². The van der Waals surface area contributed by atoms with Crippen LogP contribution in [0.1, 0.15) is 71.6 Å². The second-order valence-electron chi connectivity index (χ2n) is 9.56. The van der Waals surface area contributed by atoms with E-state index in [2.05, 4.69) is 13.8 Å². The van der Waals surface area contributed by atoms with Gasteiger partial charge in [-0.3, -0.25) is 4.79 Å². The highest BCUT2D eigenvalue weighted by Gasteiger charge is 2.66. The lowest BCUT2D eigenvalue weighted by Gasteiger charge is -2.61. The molecule has 126 valence electrons. The quantitative estimate of drug-likeness (QED) is 0.649. The number of hydrogen-bond donors (Lipinski definition) is 0. The minimum Gasteiger partial charge on any atom is -0.374 e. The van der Waals surface area contributed by atoms with Gasteiger partial charge in [-0.1, -0.05) is 19.4 Å². The molecule has 0 amide bonds. The summed E-state index contributed by atoms with van der Waals surface area (Å²) in [5.41, 5.74) is 2.47. The Bertz CT molecular complexity index is 587. The molecule has 5 rings (SSSR count). The molecular formula is C21H30O2. The number of ketones is 1. The van der Waals surface area contributed by atoms with Crippen LogP contribution in [0.5, 0.6) is 0 Å². The summed E-state index contributed by atoms with van der Waals surface area (Å²) in [5, 5.41) is 0. The van der Waals surface area contributed by atoms with Crippen molar-refractivity contribution in [3.05, 3.63) is 11.6 Å². The predicted molar refractivity (Wildman–Crippen MR) is 90.0 cm³/mol. The number of carbonyl (C=O) groups is 1. The van der Waals surface area contributed by atoms with Crippen molar-refractivity contribution in [1.29, 1.82) is 0 Å². The van der Waals surface area contributed by atoms with Crippen molar-refractivity contribution in [2.75, 3.05) is 6.61 Å². The number of rotatable bonds is 0. The van der Waals surface area contributed by atoms with E-state index in [9.17, 15) is 4.79 Å². The van der Waals surface area contributed by atoms with Crippen LogP contribution >= 0.6 is 0 Å². The molecule has 1 heterocycles. The van der Waals surface area contributed by atoms with Crippen LogP contribution in [-0.4, -0.2) is 18.0 Å². The van der Waals surface area contributed by atoms with Crippen LogP contribution in [-0.2, 0) is 9.53 Å². The third-order valence-corrected chi connectivity index (χ3v) is 9.14. The Morgan fingerprint density at radius 3 is 2.52 bits per heavy atom. The maximum Gasteiger partial charge on any atom is 0.155 e. The van der Waals surface area contributed by atoms with E-state index in [1.807, 2.05) is 6.08 Å². The van der Waals surface area contributed by atoms with E-state index >= 15 is 0 Å². The molecule has 2 nitrogen and oxygen atoms in total. The lowest BCUT2D eigenvalue weighted by atomic mass is 9.46. The zero-order valence-corrected chi connectivity index (χ0v) is 14.7. The molecule has 5 aliphatic rings. The molecule has 2 heteroatoms. The summed E-state index contributed by atoms with van der Waals surface area (Å²) in [4.78, 5) is 11.9. The Morgan fingerprint density at radius 2 is 1.78 bits per heavy atom. The summed E-state index contributed by atoms with van der Waals surface area (Å²) in [5.74, 6) is 2.91. The maximum atomic E-state index is 11.9. The molecule has 6 atom stereocenters. The molecule has 0 radical (unpaired) electrons. The van der Waals surface area contributed by atoms with Gasteiger partial charge in [0.25, 0.3) is 0 Å². The Hall–Kier alpha value is -0.630. The van der Waals surface area contributed by atoms with Crippen molar-refractivity contribution in [3.8, 4) is 0 Å². The van der Waals surface area contributed by atoms with Gasteiger partial charge in [-0.25, -0.2) is 0 Å². The Morgan fingerprint density at radius 1 is 1.00 bits per heavy atom. The van der Waals surface area contributed by atoms with Crippen LogP contribution in [0, 0.1) is 28.6 Å². The van der Waals surface area contributed by atoms with E-state index < -0.39 is 0 Å². The van der Waals surface area contributed by atoms with Gasteiger partial charge < -0.3 is 4.74 Å². The van der Waals surface area contributed by atoms with E-state index in [4.69, 9.17) is 4.74 Å². The third kappa shape index (κ3) is 1.67. The molecule has 0 aromatic carbocycles. The van der Waals surface area contributed by atoms with Gasteiger partial charge in [-0.2, -0.15) is 0 Å². The van der Waals surface area contributed by atoms with Gasteiger partial charge in [-0.15, -0.1) is 0 Å². The Balaban J connectivity index is 1.50. The first-order valence-electron chi connectivity index (χ1n) is 9.86. The van der Waals surface area contributed by atoms with Gasteiger partial charge in [0, 0.05) is 12.8 Å². The lowest BCUT2D eigenvalue weighted by molar-refractivity contribution is -0.226. The maximum absolute atomic E-state index is 11.9. The summed E-state index contributed by atoms with van der Waals surface area (Å²) in [6, 6.07) is 0. The molecule has 1 spiro atoms. The monoisotopic (exact) mass is 314 g/mol. The first-order valence-corrected chi connectivity index (χ1v) is 9.86. The zero-order valence-electron chi connectivity index (χ0n) is 14.7. The molecule has 1 saturated heterocycles. The van der Waals surface area contributed by atoms with Crippen molar-refractivity contribution >= 4 is 5.78 Å². The SMILES string of the molecule is C[C@]12CCC(=O)C=C1CC[C@H]1[C@H]2CC[C@@]2(C)[C@@H]1CC[C@@]21CCO1. The van der Waals surface area contributed by atoms with E-state index in [1.165, 1.54) is 50.5 Å². The predicted octanol–water partition coefficient (Wildman–Crippen LogP) is 4.68. The minimum atomic E-state index is 0.238. The number of carbonyl (C=O) groups excluding carboxylic acids is 1. The van der Waals surface area contributed by atoms with Crippen molar-refractivity contribution < 1.29 is 9.53 Å². The summed E-state index contributed by atoms with van der Waals surface area (Å²) < 4.78 is 6.22. The van der Waals surface area contributed by atoms with Crippen LogP contribution in [0.3, 0.4) is 0 Å². The molecule has 0 bridgehead atoms. The highest BCUT2D eigenvalue weighted by molar-refractivity contribution is 5.91. The fourth-order valence-corrected chi connectivity index (χ4v) is 7.65. The van der Waals surface area contributed by atoms with Crippen LogP contribution in [0.4, 0.5) is 0 Å². The van der Waals surface area contributed by atoms with E-state index in [0.717, 1.165) is 37.2 Å². The summed E-state index contributed by atoms with van der Waals surface area (Å²) in [6.45, 7) is 6.02. The molecular weight excluding hydrogens is 284 g/mol. The number of allylic oxidation sites excluding steroid dienone is 1. The van der Waals surface area contributed by atoms with Crippen molar-refractivity contribution in [1.82, 2.24) is 0 Å². The van der Waals surface area contributed by atoms with Gasteiger partial charge in [0.15, 0.2) is 5.78 Å². The van der Waals surface area contributed by atoms with Crippen molar-refractivity contribution in [3.63, 3.8) is 0 Å². The van der Waals surface area contributed by atoms with Crippen LogP contribution < -0.4 is 0 Å². The summed E-state index contributed by atoms with van der Waals surface area (Å²) in [7, 11) is 0. The van der Waals surface area contributed by atoms with E-state index in [1.54, 1.807) is 0 Å². The Kier molecular flexibility index (Phi) is 2.88. The topological polar surface area (TPSA) is 26.3 Å². The Labute approximate surface area is 140 Å². The van der Waals surface area contributed by atoms with Crippen LogP contribution in [0.15, 0.2) is 11.6 Å². The second kappa shape index (κ2) is 4.50. The number of ether oxygens (including phenoxy) is 1. The van der Waals surface area contributed by atoms with Gasteiger partial charge in [0.05, 0.1) is 12.2 Å². The molecule has 0 N–H and O–H groups in total. The third-order valence-electron chi connectivity index (χ3n) is 9.14. The lowest BCUT2D eigenvalue weighted by Crippen LogP contribution is -2.59. The number of fused-ring (bicyclic) bond motifs is 6. The average Bonchev–Trinajstić information content (AvgIpc) is 2.81. The fourth-order valence-electron chi connectivity index (χ4n) is 7.65. The molecule has 4 fully saturated rings. The molecule has 0 unspecified atom stereocenters. The smallest absolute Gasteiger partial charge is 0.155 e. The van der Waals surface area contributed by atoms with Crippen molar-refractivity contribution in [2.45, 2.75) is 77.2 Å². The first kappa shape index (κ1) is 14.7. The molecule has 4 aliphatic carbocycles. The standard InChI is InChI=1S/C21H30O2/c1-19-8-5-15(22)13-14(19)3-4-16-17(19)6-9-20(2)18(16)7-10-21(20)11-12-23-21/h13,16-18H,3-12H2,1-2H3/t16-,17+,18+,19-,20-,21+/m0/s1. The minimum absolute atomic E-state index is 0.238. The molecule has 23 heavy (non-hydrogen) atoms. The molecule has 0 aromatic heterocycles.